The maximum absolute atomic E-state index is 12.6. The number of anilines is 1. The minimum atomic E-state index is -0.332. The fraction of sp³-hybridized carbons (Fsp3) is 0.333. The highest BCUT2D eigenvalue weighted by Gasteiger charge is 2.16. The molecule has 1 aromatic carbocycles. The first-order valence-electron chi connectivity index (χ1n) is 9.70. The molecule has 144 valence electrons. The fourth-order valence-corrected chi connectivity index (χ4v) is 4.28. The molecule has 3 heterocycles. The second-order valence-corrected chi connectivity index (χ2v) is 7.99. The van der Waals surface area contributed by atoms with E-state index in [0.717, 1.165) is 34.7 Å². The zero-order valence-electron chi connectivity index (χ0n) is 15.9. The Labute approximate surface area is 167 Å². The van der Waals surface area contributed by atoms with Gasteiger partial charge in [-0.2, -0.15) is 14.6 Å². The van der Waals surface area contributed by atoms with Crippen molar-refractivity contribution in [3.63, 3.8) is 0 Å². The van der Waals surface area contributed by atoms with Crippen molar-refractivity contribution in [3.8, 4) is 0 Å². The Balaban J connectivity index is 1.63. The monoisotopic (exact) mass is 393 g/mol. The van der Waals surface area contributed by atoms with Crippen LogP contribution in [0.15, 0.2) is 34.1 Å². The van der Waals surface area contributed by atoms with Crippen molar-refractivity contribution in [1.82, 2.24) is 14.6 Å². The molecule has 28 heavy (non-hydrogen) atoms. The van der Waals surface area contributed by atoms with Crippen molar-refractivity contribution in [2.24, 2.45) is 4.99 Å². The maximum atomic E-state index is 12.6. The molecule has 2 N–H and O–H groups in total. The maximum Gasteiger partial charge on any atom is 0.283 e. The quantitative estimate of drug-likeness (QED) is 0.599. The molecule has 0 amide bonds. The van der Waals surface area contributed by atoms with Gasteiger partial charge in [-0.1, -0.05) is 62.1 Å². The number of para-hydroxylation sites is 1. The summed E-state index contributed by atoms with van der Waals surface area (Å²) in [6.45, 7) is 2.21. The first-order chi connectivity index (χ1) is 13.7. The van der Waals surface area contributed by atoms with Crippen molar-refractivity contribution < 1.29 is 0 Å². The van der Waals surface area contributed by atoms with E-state index >= 15 is 0 Å². The first kappa shape index (κ1) is 18.6. The number of allylic oxidation sites excluding steroid dienone is 1. The Morgan fingerprint density at radius 3 is 2.86 bits per heavy atom. The number of unbranched alkanes of at least 4 members (excludes halogenated alkanes) is 4. The van der Waals surface area contributed by atoms with Gasteiger partial charge in [-0.25, -0.2) is 0 Å². The number of nitrogens with two attached hydrogens (primary N) is 1. The van der Waals surface area contributed by atoms with Gasteiger partial charge in [0.05, 0.1) is 11.3 Å². The lowest BCUT2D eigenvalue weighted by molar-refractivity contribution is 0.629. The molecule has 2 aromatic heterocycles. The lowest BCUT2D eigenvalue weighted by Gasteiger charge is -2.03. The van der Waals surface area contributed by atoms with Crippen LogP contribution < -0.4 is 11.3 Å². The van der Waals surface area contributed by atoms with Crippen LogP contribution in [0.5, 0.6) is 0 Å². The van der Waals surface area contributed by atoms with Crippen molar-refractivity contribution in [1.29, 1.82) is 0 Å². The number of fused-ring (bicyclic) bond motifs is 2. The molecule has 0 fully saturated rings. The summed E-state index contributed by atoms with van der Waals surface area (Å²) in [5.41, 5.74) is 9.06. The molecule has 0 atom stereocenters. The number of benzene rings is 1. The van der Waals surface area contributed by atoms with Crippen LogP contribution in [-0.4, -0.2) is 20.8 Å². The Bertz CT molecular complexity index is 1130. The largest absolute Gasteiger partial charge is 0.383 e. The lowest BCUT2D eigenvalue weighted by atomic mass is 10.1. The molecule has 0 spiro atoms. The number of aliphatic imine (C=N–C) groups is 1. The predicted octanol–water partition coefficient (Wildman–Crippen LogP) is 4.50. The molecule has 0 bridgehead atoms. The van der Waals surface area contributed by atoms with Gasteiger partial charge in [0.25, 0.3) is 5.56 Å². The zero-order chi connectivity index (χ0) is 19.5. The third-order valence-corrected chi connectivity index (χ3v) is 5.85. The molecule has 0 unspecified atom stereocenters. The van der Waals surface area contributed by atoms with E-state index in [1.165, 1.54) is 37.0 Å². The Hall–Kier alpha value is -2.80. The van der Waals surface area contributed by atoms with Crippen LogP contribution in [0.25, 0.3) is 16.6 Å². The van der Waals surface area contributed by atoms with Gasteiger partial charge in [0.1, 0.15) is 10.8 Å². The number of nitrogens with zero attached hydrogens (tertiary/aromatic N) is 4. The molecule has 3 aromatic rings. The van der Waals surface area contributed by atoms with Crippen LogP contribution in [0.2, 0.25) is 0 Å². The highest BCUT2D eigenvalue weighted by molar-refractivity contribution is 7.16. The molecule has 0 aliphatic carbocycles. The SMILES string of the molecule is CCCCCCCc1nn2c(N)c(/C=C3/C=Nc4ccccc43)c(=O)nc2s1. The van der Waals surface area contributed by atoms with E-state index in [1.807, 2.05) is 24.3 Å². The number of aryl methyl sites for hydroxylation is 1. The van der Waals surface area contributed by atoms with E-state index in [0.29, 0.717) is 16.3 Å². The van der Waals surface area contributed by atoms with Gasteiger partial charge in [-0.3, -0.25) is 9.79 Å². The third kappa shape index (κ3) is 3.62. The third-order valence-electron chi connectivity index (χ3n) is 4.89. The molecule has 4 rings (SSSR count). The van der Waals surface area contributed by atoms with Crippen LogP contribution in [0.1, 0.15) is 55.2 Å². The standard InChI is InChI=1S/C21H23N5OS/c1-2-3-4-5-6-11-18-25-26-19(22)16(20(27)24-21(26)28-18)12-14-13-23-17-10-8-7-9-15(14)17/h7-10,12-13H,2-6,11,22H2,1H3/b14-12-. The topological polar surface area (TPSA) is 85.6 Å². The van der Waals surface area contributed by atoms with Gasteiger partial charge in [-0.15, -0.1) is 0 Å². The van der Waals surface area contributed by atoms with Crippen molar-refractivity contribution >= 4 is 45.7 Å². The highest BCUT2D eigenvalue weighted by atomic mass is 32.1. The van der Waals surface area contributed by atoms with E-state index in [9.17, 15) is 4.79 Å². The summed E-state index contributed by atoms with van der Waals surface area (Å²) in [6.07, 6.45) is 10.4. The summed E-state index contributed by atoms with van der Waals surface area (Å²) in [5.74, 6) is 0.328. The second-order valence-electron chi connectivity index (χ2n) is 6.95. The van der Waals surface area contributed by atoms with Gasteiger partial charge < -0.3 is 5.73 Å². The van der Waals surface area contributed by atoms with Crippen LogP contribution in [0.4, 0.5) is 11.5 Å². The zero-order valence-corrected chi connectivity index (χ0v) is 16.7. The molecule has 1 aliphatic heterocycles. The molecule has 1 aliphatic rings. The van der Waals surface area contributed by atoms with E-state index in [1.54, 1.807) is 16.8 Å². The van der Waals surface area contributed by atoms with Crippen molar-refractivity contribution in [2.45, 2.75) is 45.4 Å². The Morgan fingerprint density at radius 1 is 1.18 bits per heavy atom. The second kappa shape index (κ2) is 8.06. The number of nitrogen functional groups attached to an aromatic ring is 1. The molecular weight excluding hydrogens is 370 g/mol. The summed E-state index contributed by atoms with van der Waals surface area (Å²) in [5, 5.41) is 5.56. The summed E-state index contributed by atoms with van der Waals surface area (Å²) < 4.78 is 1.60. The number of hydrogen-bond acceptors (Lipinski definition) is 6. The van der Waals surface area contributed by atoms with Gasteiger partial charge in [0.2, 0.25) is 4.96 Å². The van der Waals surface area contributed by atoms with Gasteiger partial charge in [-0.05, 0) is 18.6 Å². The van der Waals surface area contributed by atoms with Crippen LogP contribution in [-0.2, 0) is 6.42 Å². The smallest absolute Gasteiger partial charge is 0.283 e. The minimum absolute atomic E-state index is 0.328. The van der Waals surface area contributed by atoms with Gasteiger partial charge in [0.15, 0.2) is 0 Å². The molecule has 0 saturated carbocycles. The van der Waals surface area contributed by atoms with Crippen LogP contribution in [0, 0.1) is 0 Å². The van der Waals surface area contributed by atoms with Crippen LogP contribution in [0.3, 0.4) is 0 Å². The highest BCUT2D eigenvalue weighted by Crippen LogP contribution is 2.32. The lowest BCUT2D eigenvalue weighted by Crippen LogP contribution is -2.16. The van der Waals surface area contributed by atoms with E-state index < -0.39 is 0 Å². The Kier molecular flexibility index (Phi) is 5.34. The number of rotatable bonds is 7. The van der Waals surface area contributed by atoms with Gasteiger partial charge >= 0.3 is 0 Å². The number of aromatic nitrogens is 3. The average Bonchev–Trinajstić information content (AvgIpc) is 3.29. The summed E-state index contributed by atoms with van der Waals surface area (Å²) in [4.78, 5) is 21.7. The van der Waals surface area contributed by atoms with E-state index in [-0.39, 0.29) is 5.56 Å². The molecule has 0 saturated heterocycles. The summed E-state index contributed by atoms with van der Waals surface area (Å²) in [7, 11) is 0. The molecule has 6 nitrogen and oxygen atoms in total. The number of hydrogen-bond donors (Lipinski definition) is 1. The molecule has 7 heteroatoms. The fourth-order valence-electron chi connectivity index (χ4n) is 3.35. The predicted molar refractivity (Wildman–Crippen MR) is 116 cm³/mol. The molecule has 0 radical (unpaired) electrons. The summed E-state index contributed by atoms with van der Waals surface area (Å²) in [6, 6.07) is 7.81. The Morgan fingerprint density at radius 2 is 2.00 bits per heavy atom. The van der Waals surface area contributed by atoms with E-state index in [4.69, 9.17) is 5.73 Å². The van der Waals surface area contributed by atoms with Gasteiger partial charge in [0, 0.05) is 23.8 Å². The normalized spacial score (nSPS) is 14.2. The molecular formula is C21H23N5OS. The van der Waals surface area contributed by atoms with Crippen molar-refractivity contribution in [2.75, 3.05) is 5.73 Å². The average molecular weight is 394 g/mol. The first-order valence-corrected chi connectivity index (χ1v) is 10.5. The van der Waals surface area contributed by atoms with Crippen molar-refractivity contribution in [3.05, 3.63) is 50.8 Å². The van der Waals surface area contributed by atoms with Crippen LogP contribution >= 0.6 is 11.3 Å². The van der Waals surface area contributed by atoms with E-state index in [2.05, 4.69) is 22.0 Å². The summed E-state index contributed by atoms with van der Waals surface area (Å²) >= 11 is 1.44. The minimum Gasteiger partial charge on any atom is -0.383 e.